The molecular formula is C14H20FNO3. The van der Waals surface area contributed by atoms with Crippen LogP contribution in [0.15, 0.2) is 18.2 Å². The van der Waals surface area contributed by atoms with E-state index in [0.29, 0.717) is 13.2 Å². The molecule has 1 aromatic rings. The van der Waals surface area contributed by atoms with Gasteiger partial charge in [-0.25, -0.2) is 4.39 Å². The molecule has 0 aromatic heterocycles. The average Bonchev–Trinajstić information content (AvgIpc) is 2.38. The van der Waals surface area contributed by atoms with E-state index in [2.05, 4.69) is 0 Å². The van der Waals surface area contributed by atoms with Crippen LogP contribution in [0, 0.1) is 5.82 Å². The normalized spacial score (nSPS) is 12.2. The second-order valence-corrected chi connectivity index (χ2v) is 4.41. The molecule has 0 spiro atoms. The van der Waals surface area contributed by atoms with Crippen LogP contribution in [0.25, 0.3) is 0 Å². The van der Waals surface area contributed by atoms with Gasteiger partial charge in [0.2, 0.25) is 0 Å². The molecule has 0 radical (unpaired) electrons. The Bertz CT molecular complexity index is 437. The first-order valence-electron chi connectivity index (χ1n) is 6.29. The van der Waals surface area contributed by atoms with Crippen LogP contribution in [-0.2, 0) is 4.74 Å². The van der Waals surface area contributed by atoms with E-state index in [1.165, 1.54) is 12.1 Å². The highest BCUT2D eigenvalue weighted by atomic mass is 19.1. The summed E-state index contributed by atoms with van der Waals surface area (Å²) in [6.07, 6.45) is 0.773. The van der Waals surface area contributed by atoms with Gasteiger partial charge in [-0.2, -0.15) is 0 Å². The number of carbonyl (C=O) groups excluding carboxylic acids is 1. The number of phenols is 1. The van der Waals surface area contributed by atoms with Gasteiger partial charge in [-0.15, -0.1) is 0 Å². The molecule has 0 saturated carbocycles. The molecule has 0 bridgehead atoms. The van der Waals surface area contributed by atoms with Crippen LogP contribution >= 0.6 is 0 Å². The summed E-state index contributed by atoms with van der Waals surface area (Å²) in [6.45, 7) is 4.68. The Morgan fingerprint density at radius 3 is 2.74 bits per heavy atom. The lowest BCUT2D eigenvalue weighted by atomic mass is 10.1. The molecule has 1 amide bonds. The van der Waals surface area contributed by atoms with Gasteiger partial charge in [0.15, 0.2) is 0 Å². The Labute approximate surface area is 112 Å². The summed E-state index contributed by atoms with van der Waals surface area (Å²) >= 11 is 0. The van der Waals surface area contributed by atoms with Crippen molar-refractivity contribution >= 4 is 5.91 Å². The number of phenolic OH excluding ortho intramolecular Hbond substituents is 1. The summed E-state index contributed by atoms with van der Waals surface area (Å²) < 4.78 is 18.7. The maximum atomic E-state index is 13.7. The van der Waals surface area contributed by atoms with Gasteiger partial charge in [-0.3, -0.25) is 4.79 Å². The molecule has 0 fully saturated rings. The lowest BCUT2D eigenvalue weighted by molar-refractivity contribution is 0.0609. The van der Waals surface area contributed by atoms with E-state index in [1.54, 1.807) is 12.0 Å². The number of ether oxygens (including phenoxy) is 1. The van der Waals surface area contributed by atoms with Crippen molar-refractivity contribution in [3.63, 3.8) is 0 Å². The molecule has 1 N–H and O–H groups in total. The quantitative estimate of drug-likeness (QED) is 0.862. The highest BCUT2D eigenvalue weighted by molar-refractivity contribution is 5.94. The van der Waals surface area contributed by atoms with Gasteiger partial charge in [-0.05, 0) is 25.5 Å². The number of carbonyl (C=O) groups is 1. The molecular weight excluding hydrogens is 249 g/mol. The van der Waals surface area contributed by atoms with Gasteiger partial charge < -0.3 is 14.7 Å². The van der Waals surface area contributed by atoms with Gasteiger partial charge in [0, 0.05) is 25.8 Å². The van der Waals surface area contributed by atoms with Gasteiger partial charge in [-0.1, -0.05) is 6.92 Å². The van der Waals surface area contributed by atoms with Crippen LogP contribution < -0.4 is 0 Å². The molecule has 1 atom stereocenters. The fourth-order valence-electron chi connectivity index (χ4n) is 1.76. The molecule has 1 unspecified atom stereocenters. The summed E-state index contributed by atoms with van der Waals surface area (Å²) in [5.41, 5.74) is -0.0331. The minimum absolute atomic E-state index is 0.00384. The molecule has 5 heteroatoms. The van der Waals surface area contributed by atoms with Crippen LogP contribution in [0.2, 0.25) is 0 Å². The molecule has 0 aliphatic carbocycles. The highest BCUT2D eigenvalue weighted by Crippen LogP contribution is 2.18. The largest absolute Gasteiger partial charge is 0.508 e. The number of nitrogens with zero attached hydrogens (tertiary/aromatic N) is 1. The van der Waals surface area contributed by atoms with E-state index < -0.39 is 5.82 Å². The van der Waals surface area contributed by atoms with Crippen molar-refractivity contribution in [2.45, 2.75) is 26.3 Å². The number of aromatic hydroxyl groups is 1. The lowest BCUT2D eigenvalue weighted by Gasteiger charge is -2.28. The van der Waals surface area contributed by atoms with Crippen LogP contribution in [-0.4, -0.2) is 42.2 Å². The Kier molecular flexibility index (Phi) is 5.76. The van der Waals surface area contributed by atoms with E-state index in [-0.39, 0.29) is 23.3 Å². The van der Waals surface area contributed by atoms with Gasteiger partial charge >= 0.3 is 0 Å². The molecule has 0 heterocycles. The van der Waals surface area contributed by atoms with E-state index in [9.17, 15) is 9.18 Å². The van der Waals surface area contributed by atoms with Crippen molar-refractivity contribution in [3.8, 4) is 5.75 Å². The van der Waals surface area contributed by atoms with Crippen LogP contribution in [0.3, 0.4) is 0 Å². The standard InChI is InChI=1S/C14H20FNO3/c1-4-10(2)16(7-8-19-3)14(18)12-6-5-11(17)9-13(12)15/h5-6,9-10,17H,4,7-8H2,1-3H3. The highest BCUT2D eigenvalue weighted by Gasteiger charge is 2.22. The first-order chi connectivity index (χ1) is 9.01. The van der Waals surface area contributed by atoms with Gasteiger partial charge in [0.25, 0.3) is 5.91 Å². The molecule has 4 nitrogen and oxygen atoms in total. The summed E-state index contributed by atoms with van der Waals surface area (Å²) in [6, 6.07) is 3.55. The molecule has 0 saturated heterocycles. The Hall–Kier alpha value is -1.62. The fourth-order valence-corrected chi connectivity index (χ4v) is 1.76. The number of amides is 1. The zero-order valence-corrected chi connectivity index (χ0v) is 11.5. The number of hydrogen-bond donors (Lipinski definition) is 1. The molecule has 0 aliphatic heterocycles. The number of rotatable bonds is 6. The summed E-state index contributed by atoms with van der Waals surface area (Å²) in [7, 11) is 1.56. The van der Waals surface area contributed by atoms with Crippen molar-refractivity contribution in [2.24, 2.45) is 0 Å². The maximum absolute atomic E-state index is 13.7. The summed E-state index contributed by atoms with van der Waals surface area (Å²) in [4.78, 5) is 13.9. The summed E-state index contributed by atoms with van der Waals surface area (Å²) in [5, 5.41) is 9.17. The maximum Gasteiger partial charge on any atom is 0.257 e. The molecule has 1 aromatic carbocycles. The SMILES string of the molecule is CCC(C)N(CCOC)C(=O)c1ccc(O)cc1F. The topological polar surface area (TPSA) is 49.8 Å². The molecule has 1 rings (SSSR count). The molecule has 106 valence electrons. The second-order valence-electron chi connectivity index (χ2n) is 4.41. The zero-order chi connectivity index (χ0) is 14.4. The predicted octanol–water partition coefficient (Wildman–Crippen LogP) is 2.42. The summed E-state index contributed by atoms with van der Waals surface area (Å²) in [5.74, 6) is -1.29. The van der Waals surface area contributed by atoms with Crippen molar-refractivity contribution < 1.29 is 19.0 Å². The van der Waals surface area contributed by atoms with E-state index in [4.69, 9.17) is 9.84 Å². The van der Waals surface area contributed by atoms with Crippen molar-refractivity contribution in [2.75, 3.05) is 20.3 Å². The molecule has 0 aliphatic rings. The number of halogens is 1. The van der Waals surface area contributed by atoms with E-state index in [0.717, 1.165) is 12.5 Å². The smallest absolute Gasteiger partial charge is 0.257 e. The third kappa shape index (κ3) is 3.92. The lowest BCUT2D eigenvalue weighted by Crippen LogP contribution is -2.40. The fraction of sp³-hybridized carbons (Fsp3) is 0.500. The van der Waals surface area contributed by atoms with Crippen LogP contribution in [0.5, 0.6) is 5.75 Å². The average molecular weight is 269 g/mol. The van der Waals surface area contributed by atoms with Crippen LogP contribution in [0.4, 0.5) is 4.39 Å². The Balaban J connectivity index is 2.97. The van der Waals surface area contributed by atoms with E-state index in [1.807, 2.05) is 13.8 Å². The van der Waals surface area contributed by atoms with E-state index >= 15 is 0 Å². The monoisotopic (exact) mass is 269 g/mol. The van der Waals surface area contributed by atoms with Gasteiger partial charge in [0.1, 0.15) is 11.6 Å². The van der Waals surface area contributed by atoms with Crippen LogP contribution in [0.1, 0.15) is 30.6 Å². The zero-order valence-electron chi connectivity index (χ0n) is 11.5. The Morgan fingerprint density at radius 2 is 2.21 bits per heavy atom. The van der Waals surface area contributed by atoms with Crippen molar-refractivity contribution in [3.05, 3.63) is 29.6 Å². The first kappa shape index (κ1) is 15.4. The third-order valence-electron chi connectivity index (χ3n) is 3.10. The molecule has 19 heavy (non-hydrogen) atoms. The third-order valence-corrected chi connectivity index (χ3v) is 3.10. The predicted molar refractivity (Wildman–Crippen MR) is 70.7 cm³/mol. The number of benzene rings is 1. The van der Waals surface area contributed by atoms with Crippen molar-refractivity contribution in [1.29, 1.82) is 0 Å². The number of methoxy groups -OCH3 is 1. The first-order valence-corrected chi connectivity index (χ1v) is 6.29. The van der Waals surface area contributed by atoms with Crippen molar-refractivity contribution in [1.82, 2.24) is 4.90 Å². The van der Waals surface area contributed by atoms with Gasteiger partial charge in [0.05, 0.1) is 12.2 Å². The Morgan fingerprint density at radius 1 is 1.53 bits per heavy atom. The minimum Gasteiger partial charge on any atom is -0.508 e. The second kappa shape index (κ2) is 7.09. The number of hydrogen-bond acceptors (Lipinski definition) is 3. The minimum atomic E-state index is -0.712.